The Bertz CT molecular complexity index is 826. The van der Waals surface area contributed by atoms with Crippen molar-refractivity contribution in [3.63, 3.8) is 0 Å². The van der Waals surface area contributed by atoms with Gasteiger partial charge in [0.1, 0.15) is 12.7 Å². The van der Waals surface area contributed by atoms with Gasteiger partial charge in [0.05, 0.1) is 17.2 Å². The van der Waals surface area contributed by atoms with Crippen molar-refractivity contribution in [1.29, 1.82) is 0 Å². The molecule has 0 saturated carbocycles. The molecule has 1 saturated heterocycles. The van der Waals surface area contributed by atoms with Gasteiger partial charge in [0.15, 0.2) is 5.82 Å². The van der Waals surface area contributed by atoms with Crippen LogP contribution in [0.3, 0.4) is 0 Å². The van der Waals surface area contributed by atoms with Crippen LogP contribution in [0, 0.1) is 0 Å². The van der Waals surface area contributed by atoms with Crippen molar-refractivity contribution < 1.29 is 0 Å². The van der Waals surface area contributed by atoms with Gasteiger partial charge in [-0.05, 0) is 41.5 Å². The van der Waals surface area contributed by atoms with Crippen LogP contribution in [0.25, 0.3) is 16.9 Å². The van der Waals surface area contributed by atoms with E-state index in [1.165, 1.54) is 23.9 Å². The molecule has 0 amide bonds. The first-order chi connectivity index (χ1) is 10.4. The lowest BCUT2D eigenvalue weighted by Crippen LogP contribution is -2.28. The number of nitrogens with one attached hydrogen (secondary N) is 1. The van der Waals surface area contributed by atoms with Gasteiger partial charge in [0.25, 0.3) is 0 Å². The van der Waals surface area contributed by atoms with Gasteiger partial charge in [-0.25, -0.2) is 14.6 Å². The van der Waals surface area contributed by atoms with Crippen molar-refractivity contribution >= 4 is 11.0 Å². The van der Waals surface area contributed by atoms with Crippen LogP contribution in [-0.2, 0) is 0 Å². The quantitative estimate of drug-likeness (QED) is 0.728. The van der Waals surface area contributed by atoms with E-state index in [-0.39, 0.29) is 0 Å². The van der Waals surface area contributed by atoms with E-state index in [4.69, 9.17) is 0 Å². The molecule has 1 aromatic carbocycles. The molecule has 1 N–H and O–H groups in total. The number of benzene rings is 1. The molecule has 5 rings (SSSR count). The van der Waals surface area contributed by atoms with Gasteiger partial charge in [0.2, 0.25) is 0 Å². The highest BCUT2D eigenvalue weighted by Gasteiger charge is 2.34. The second-order valence-corrected chi connectivity index (χ2v) is 5.83. The van der Waals surface area contributed by atoms with E-state index < -0.39 is 0 Å². The highest BCUT2D eigenvalue weighted by atomic mass is 15.3. The fourth-order valence-electron chi connectivity index (χ4n) is 3.64. The summed E-state index contributed by atoms with van der Waals surface area (Å²) < 4.78 is 1.64. The summed E-state index contributed by atoms with van der Waals surface area (Å²) in [5.74, 6) is 1.97. The second-order valence-electron chi connectivity index (χ2n) is 5.83. The van der Waals surface area contributed by atoms with E-state index in [2.05, 4.69) is 37.5 Å². The third-order valence-electron chi connectivity index (χ3n) is 4.62. The fourth-order valence-corrected chi connectivity index (χ4v) is 3.64. The van der Waals surface area contributed by atoms with Gasteiger partial charge in [-0.15, -0.1) is 0 Å². The Morgan fingerprint density at radius 3 is 2.67 bits per heavy atom. The summed E-state index contributed by atoms with van der Waals surface area (Å²) in [6.07, 6.45) is 6.15. The van der Waals surface area contributed by atoms with E-state index in [0.717, 1.165) is 24.1 Å². The standard InChI is InChI=1S/C15H14N6/c1-9-4-16-5-10(1)12-3-14-13(2-11(9)12)18-6-15(20-14)21-8-17-7-19-21/h2-3,6-10,16H,1,4-5H2. The number of nitrogens with zero attached hydrogens (tertiary/aromatic N) is 5. The Morgan fingerprint density at radius 2 is 1.90 bits per heavy atom. The third kappa shape index (κ3) is 1.62. The molecule has 6 nitrogen and oxygen atoms in total. The van der Waals surface area contributed by atoms with Crippen LogP contribution in [0.2, 0.25) is 0 Å². The van der Waals surface area contributed by atoms with E-state index in [1.54, 1.807) is 17.2 Å². The maximum absolute atomic E-state index is 4.69. The number of fused-ring (bicyclic) bond motifs is 6. The summed E-state index contributed by atoms with van der Waals surface area (Å²) in [5.41, 5.74) is 4.81. The van der Waals surface area contributed by atoms with Gasteiger partial charge in [-0.2, -0.15) is 5.10 Å². The first-order valence-electron chi connectivity index (χ1n) is 7.25. The molecule has 2 aliphatic rings. The molecule has 2 bridgehead atoms. The molecule has 3 aromatic rings. The zero-order valence-corrected chi connectivity index (χ0v) is 11.4. The van der Waals surface area contributed by atoms with E-state index >= 15 is 0 Å². The first kappa shape index (κ1) is 11.3. The molecule has 2 unspecified atom stereocenters. The summed E-state index contributed by atoms with van der Waals surface area (Å²) >= 11 is 0. The van der Waals surface area contributed by atoms with E-state index in [1.807, 2.05) is 0 Å². The maximum Gasteiger partial charge on any atom is 0.174 e. The summed E-state index contributed by atoms with van der Waals surface area (Å²) in [5, 5.41) is 7.63. The Morgan fingerprint density at radius 1 is 1.10 bits per heavy atom. The first-order valence-corrected chi connectivity index (χ1v) is 7.25. The molecule has 104 valence electrons. The molecular formula is C15H14N6. The molecule has 3 heterocycles. The second kappa shape index (κ2) is 4.08. The van der Waals surface area contributed by atoms with Gasteiger partial charge in [-0.1, -0.05) is 0 Å². The van der Waals surface area contributed by atoms with Crippen LogP contribution >= 0.6 is 0 Å². The fraction of sp³-hybridized carbons (Fsp3) is 0.333. The van der Waals surface area contributed by atoms with Gasteiger partial charge in [0, 0.05) is 13.1 Å². The highest BCUT2D eigenvalue weighted by Crippen LogP contribution is 2.44. The third-order valence-corrected chi connectivity index (χ3v) is 4.62. The van der Waals surface area contributed by atoms with Crippen LogP contribution < -0.4 is 5.32 Å². The lowest BCUT2D eigenvalue weighted by atomic mass is 9.98. The van der Waals surface area contributed by atoms with Crippen molar-refractivity contribution in [2.45, 2.75) is 18.3 Å². The molecule has 2 aromatic heterocycles. The van der Waals surface area contributed by atoms with E-state index in [0.29, 0.717) is 17.7 Å². The predicted molar refractivity (Wildman–Crippen MR) is 77.4 cm³/mol. The summed E-state index contributed by atoms with van der Waals surface area (Å²) in [4.78, 5) is 13.2. The highest BCUT2D eigenvalue weighted by molar-refractivity contribution is 5.78. The predicted octanol–water partition coefficient (Wildman–Crippen LogP) is 1.38. The average molecular weight is 278 g/mol. The molecule has 1 fully saturated rings. The number of aromatic nitrogens is 5. The zero-order chi connectivity index (χ0) is 13.8. The largest absolute Gasteiger partial charge is 0.316 e. The normalized spacial score (nSPS) is 23.4. The molecule has 0 radical (unpaired) electrons. The molecule has 2 atom stereocenters. The van der Waals surface area contributed by atoms with Crippen molar-refractivity contribution in [1.82, 2.24) is 30.0 Å². The SMILES string of the molecule is c1ncn(-c2cnc3cc4c(cc3n2)C2CNCC4C2)n1. The Hall–Kier alpha value is -2.34. The van der Waals surface area contributed by atoms with Gasteiger partial charge >= 0.3 is 0 Å². The molecule has 1 aliphatic heterocycles. The van der Waals surface area contributed by atoms with Crippen molar-refractivity contribution in [2.75, 3.05) is 13.1 Å². The molecule has 6 heteroatoms. The van der Waals surface area contributed by atoms with Gasteiger partial charge < -0.3 is 5.32 Å². The van der Waals surface area contributed by atoms with Crippen molar-refractivity contribution in [2.24, 2.45) is 0 Å². The van der Waals surface area contributed by atoms with Crippen LogP contribution in [0.4, 0.5) is 0 Å². The van der Waals surface area contributed by atoms with Crippen LogP contribution in [0.1, 0.15) is 29.4 Å². The zero-order valence-electron chi connectivity index (χ0n) is 11.4. The number of piperidine rings is 1. The van der Waals surface area contributed by atoms with Crippen LogP contribution in [-0.4, -0.2) is 37.8 Å². The Labute approximate surface area is 121 Å². The maximum atomic E-state index is 4.69. The molecular weight excluding hydrogens is 264 g/mol. The van der Waals surface area contributed by atoms with Crippen LogP contribution in [0.15, 0.2) is 31.0 Å². The lowest BCUT2D eigenvalue weighted by Gasteiger charge is -2.19. The van der Waals surface area contributed by atoms with Crippen molar-refractivity contribution in [3.8, 4) is 5.82 Å². The van der Waals surface area contributed by atoms with Crippen molar-refractivity contribution in [3.05, 3.63) is 42.1 Å². The minimum atomic E-state index is 0.625. The Balaban J connectivity index is 1.70. The van der Waals surface area contributed by atoms with Crippen LogP contribution in [0.5, 0.6) is 0 Å². The topological polar surface area (TPSA) is 68.5 Å². The monoisotopic (exact) mass is 278 g/mol. The van der Waals surface area contributed by atoms with E-state index in [9.17, 15) is 0 Å². The minimum Gasteiger partial charge on any atom is -0.316 e. The molecule has 21 heavy (non-hydrogen) atoms. The van der Waals surface area contributed by atoms with Gasteiger partial charge in [-0.3, -0.25) is 4.98 Å². The molecule has 0 spiro atoms. The summed E-state index contributed by atoms with van der Waals surface area (Å²) in [6.45, 7) is 2.16. The average Bonchev–Trinajstić information content (AvgIpc) is 3.14. The Kier molecular flexibility index (Phi) is 2.20. The number of hydrogen-bond donors (Lipinski definition) is 1. The molecule has 1 aliphatic carbocycles. The summed E-state index contributed by atoms with van der Waals surface area (Å²) in [7, 11) is 0. The number of hydrogen-bond acceptors (Lipinski definition) is 5. The smallest absolute Gasteiger partial charge is 0.174 e. The summed E-state index contributed by atoms with van der Waals surface area (Å²) in [6, 6.07) is 4.44. The number of rotatable bonds is 1. The minimum absolute atomic E-state index is 0.625. The lowest BCUT2D eigenvalue weighted by molar-refractivity contribution is 0.454.